The molecule has 0 atom stereocenters. The molecule has 0 aromatic rings. The van der Waals surface area contributed by atoms with E-state index in [1.54, 1.807) is 14.1 Å². The molecule has 3 nitrogen and oxygen atoms in total. The quantitative estimate of drug-likeness (QED) is 0.338. The number of hydrogen-bond acceptors (Lipinski definition) is 2. The number of hydrazine groups is 1. The van der Waals surface area contributed by atoms with Crippen LogP contribution in [0.15, 0.2) is 0 Å². The van der Waals surface area contributed by atoms with Gasteiger partial charge in [-0.3, -0.25) is 10.4 Å². The molecule has 1 aliphatic rings. The predicted octanol–water partition coefficient (Wildman–Crippen LogP) is 0.532. The number of halogens is 1. The summed E-state index contributed by atoms with van der Waals surface area (Å²) in [5.41, 5.74) is 1.36. The van der Waals surface area contributed by atoms with Crippen LogP contribution in [0, 0.1) is 5.41 Å². The largest absolute Gasteiger partial charge is 0.297 e. The summed E-state index contributed by atoms with van der Waals surface area (Å²) in [6.45, 7) is 0. The van der Waals surface area contributed by atoms with Crippen molar-refractivity contribution in [3.05, 3.63) is 0 Å². The average Bonchev–Trinajstić information content (AvgIpc) is 2.66. The first kappa shape index (κ1) is 7.47. The zero-order chi connectivity index (χ0) is 7.78. The lowest BCUT2D eigenvalue weighted by Gasteiger charge is -2.20. The molecule has 0 spiro atoms. The zero-order valence-electron chi connectivity index (χ0n) is 6.24. The van der Waals surface area contributed by atoms with E-state index in [2.05, 4.69) is 5.43 Å². The smallest absolute Gasteiger partial charge is 0.169 e. The second-order valence-electron chi connectivity index (χ2n) is 2.60. The van der Waals surface area contributed by atoms with E-state index in [0.29, 0.717) is 12.8 Å². The van der Waals surface area contributed by atoms with Gasteiger partial charge in [-0.1, -0.05) is 0 Å². The van der Waals surface area contributed by atoms with Gasteiger partial charge >= 0.3 is 0 Å². The van der Waals surface area contributed by atoms with Gasteiger partial charge in [-0.25, -0.2) is 9.82 Å². The highest BCUT2D eigenvalue weighted by atomic mass is 19.1. The molecular formula is C6H12FN3. The van der Waals surface area contributed by atoms with Crippen LogP contribution in [0.1, 0.15) is 12.8 Å². The lowest BCUT2D eigenvalue weighted by Crippen LogP contribution is -2.42. The summed E-state index contributed by atoms with van der Waals surface area (Å²) in [5.74, 6) is 0.0370. The highest BCUT2D eigenvalue weighted by Crippen LogP contribution is 2.40. The molecule has 0 saturated heterocycles. The SMILES string of the molecule is CNN(C)C(=N)C1(F)CC1. The number of hydrogen-bond donors (Lipinski definition) is 2. The third kappa shape index (κ3) is 1.11. The molecule has 0 radical (unpaired) electrons. The molecule has 1 saturated carbocycles. The molecule has 58 valence electrons. The van der Waals surface area contributed by atoms with Crippen molar-refractivity contribution in [2.75, 3.05) is 14.1 Å². The van der Waals surface area contributed by atoms with E-state index in [1.807, 2.05) is 0 Å². The summed E-state index contributed by atoms with van der Waals surface area (Å²) >= 11 is 0. The van der Waals surface area contributed by atoms with Gasteiger partial charge in [0.25, 0.3) is 0 Å². The normalized spacial score (nSPS) is 20.3. The van der Waals surface area contributed by atoms with Crippen molar-refractivity contribution in [2.24, 2.45) is 0 Å². The summed E-state index contributed by atoms with van der Waals surface area (Å²) in [6.07, 6.45) is 0.996. The van der Waals surface area contributed by atoms with Crippen LogP contribution in [0.25, 0.3) is 0 Å². The fraction of sp³-hybridized carbons (Fsp3) is 0.833. The van der Waals surface area contributed by atoms with Crippen LogP contribution >= 0.6 is 0 Å². The van der Waals surface area contributed by atoms with Crippen LogP contribution in [-0.4, -0.2) is 30.6 Å². The molecule has 0 bridgehead atoms. The Morgan fingerprint density at radius 3 is 2.50 bits per heavy atom. The Bertz CT molecular complexity index is 153. The minimum Gasteiger partial charge on any atom is -0.297 e. The summed E-state index contributed by atoms with van der Waals surface area (Å²) in [7, 11) is 3.31. The Morgan fingerprint density at radius 2 is 2.20 bits per heavy atom. The van der Waals surface area contributed by atoms with Gasteiger partial charge in [-0.15, -0.1) is 0 Å². The van der Waals surface area contributed by atoms with E-state index in [9.17, 15) is 4.39 Å². The number of alkyl halides is 1. The van der Waals surface area contributed by atoms with Gasteiger partial charge in [0.1, 0.15) is 5.84 Å². The molecule has 0 aromatic carbocycles. The summed E-state index contributed by atoms with van der Waals surface area (Å²) in [5, 5.41) is 8.69. The van der Waals surface area contributed by atoms with Crippen LogP contribution in [0.2, 0.25) is 0 Å². The molecule has 4 heteroatoms. The first-order chi connectivity index (χ1) is 4.60. The van der Waals surface area contributed by atoms with E-state index >= 15 is 0 Å². The van der Waals surface area contributed by atoms with Gasteiger partial charge in [0, 0.05) is 14.1 Å². The molecule has 1 aliphatic carbocycles. The minimum absolute atomic E-state index is 0.0370. The first-order valence-corrected chi connectivity index (χ1v) is 3.29. The number of nitrogens with one attached hydrogen (secondary N) is 2. The van der Waals surface area contributed by atoms with E-state index < -0.39 is 5.67 Å². The molecule has 1 rings (SSSR count). The Balaban J connectivity index is 2.49. The van der Waals surface area contributed by atoms with Gasteiger partial charge in [0.15, 0.2) is 5.67 Å². The van der Waals surface area contributed by atoms with Gasteiger partial charge < -0.3 is 0 Å². The van der Waals surface area contributed by atoms with Gasteiger partial charge in [0.05, 0.1) is 0 Å². The maximum absolute atomic E-state index is 13.0. The fourth-order valence-corrected chi connectivity index (χ4v) is 0.759. The fourth-order valence-electron chi connectivity index (χ4n) is 0.759. The monoisotopic (exact) mass is 145 g/mol. The summed E-state index contributed by atoms with van der Waals surface area (Å²) in [6, 6.07) is 0. The molecule has 1 fully saturated rings. The topological polar surface area (TPSA) is 39.1 Å². The highest BCUT2D eigenvalue weighted by Gasteiger charge is 2.49. The van der Waals surface area contributed by atoms with Crippen LogP contribution < -0.4 is 5.43 Å². The highest BCUT2D eigenvalue weighted by molar-refractivity contribution is 5.89. The van der Waals surface area contributed by atoms with Crippen molar-refractivity contribution < 1.29 is 4.39 Å². The molecule has 0 amide bonds. The molecular weight excluding hydrogens is 133 g/mol. The molecule has 0 unspecified atom stereocenters. The Kier molecular flexibility index (Phi) is 1.64. The number of nitrogens with zero attached hydrogens (tertiary/aromatic N) is 1. The average molecular weight is 145 g/mol. The summed E-state index contributed by atoms with van der Waals surface area (Å²) < 4.78 is 13.0. The van der Waals surface area contributed by atoms with Crippen molar-refractivity contribution in [3.8, 4) is 0 Å². The first-order valence-electron chi connectivity index (χ1n) is 3.29. The predicted molar refractivity (Wildman–Crippen MR) is 37.6 cm³/mol. The van der Waals surface area contributed by atoms with Crippen molar-refractivity contribution in [2.45, 2.75) is 18.5 Å². The van der Waals surface area contributed by atoms with Crippen LogP contribution in [0.3, 0.4) is 0 Å². The van der Waals surface area contributed by atoms with Crippen molar-refractivity contribution >= 4 is 5.84 Å². The van der Waals surface area contributed by atoms with Crippen molar-refractivity contribution in [1.29, 1.82) is 5.41 Å². The molecule has 2 N–H and O–H groups in total. The zero-order valence-corrected chi connectivity index (χ0v) is 6.24. The van der Waals surface area contributed by atoms with Gasteiger partial charge in [-0.2, -0.15) is 0 Å². The van der Waals surface area contributed by atoms with Crippen LogP contribution in [-0.2, 0) is 0 Å². The third-order valence-electron chi connectivity index (χ3n) is 1.78. The second kappa shape index (κ2) is 2.20. The Hall–Kier alpha value is -0.640. The van der Waals surface area contributed by atoms with Crippen LogP contribution in [0.4, 0.5) is 4.39 Å². The lowest BCUT2D eigenvalue weighted by molar-refractivity contribution is 0.320. The molecule has 0 aromatic heterocycles. The molecule has 0 aliphatic heterocycles. The summed E-state index contributed by atoms with van der Waals surface area (Å²) in [4.78, 5) is 0. The Labute approximate surface area is 59.7 Å². The van der Waals surface area contributed by atoms with Crippen molar-refractivity contribution in [1.82, 2.24) is 10.4 Å². The van der Waals surface area contributed by atoms with Gasteiger partial charge in [-0.05, 0) is 12.8 Å². The maximum atomic E-state index is 13.0. The molecule has 0 heterocycles. The Morgan fingerprint density at radius 1 is 1.70 bits per heavy atom. The van der Waals surface area contributed by atoms with Crippen molar-refractivity contribution in [3.63, 3.8) is 0 Å². The lowest BCUT2D eigenvalue weighted by atomic mass is 10.3. The van der Waals surface area contributed by atoms with Crippen LogP contribution in [0.5, 0.6) is 0 Å². The standard InChI is InChI=1S/C6H12FN3/c1-9-10(2)5(8)6(7)3-4-6/h8-9H,3-4H2,1-2H3. The minimum atomic E-state index is -1.32. The number of rotatable bonds is 2. The second-order valence-corrected chi connectivity index (χ2v) is 2.60. The van der Waals surface area contributed by atoms with E-state index in [4.69, 9.17) is 5.41 Å². The number of amidine groups is 1. The van der Waals surface area contributed by atoms with E-state index in [1.165, 1.54) is 5.01 Å². The maximum Gasteiger partial charge on any atom is 0.169 e. The third-order valence-corrected chi connectivity index (χ3v) is 1.78. The van der Waals surface area contributed by atoms with E-state index in [-0.39, 0.29) is 5.84 Å². The van der Waals surface area contributed by atoms with E-state index in [0.717, 1.165) is 0 Å². The molecule has 10 heavy (non-hydrogen) atoms. The van der Waals surface area contributed by atoms with Gasteiger partial charge in [0.2, 0.25) is 0 Å².